The van der Waals surface area contributed by atoms with E-state index in [1.807, 2.05) is 13.8 Å². The highest BCUT2D eigenvalue weighted by molar-refractivity contribution is 6.01. The summed E-state index contributed by atoms with van der Waals surface area (Å²) in [4.78, 5) is 78.4. The van der Waals surface area contributed by atoms with Gasteiger partial charge in [-0.05, 0) is 104 Å². The van der Waals surface area contributed by atoms with Gasteiger partial charge in [0.05, 0.1) is 19.0 Å². The zero-order valence-corrected chi connectivity index (χ0v) is 29.5. The largest absolute Gasteiger partial charge is 0.481 e. The molecule has 5 unspecified atom stereocenters. The molecule has 0 saturated heterocycles. The lowest BCUT2D eigenvalue weighted by atomic mass is 9.51. The Labute approximate surface area is 297 Å². The van der Waals surface area contributed by atoms with Crippen molar-refractivity contribution in [2.24, 2.45) is 45.5 Å². The van der Waals surface area contributed by atoms with Crippen LogP contribution in [0.5, 0.6) is 0 Å². The number of hydrogen-bond donors (Lipinski definition) is 9. The fourth-order valence-electron chi connectivity index (χ4n) is 8.85. The number of aliphatic carboxylic acids is 2. The summed E-state index contributed by atoms with van der Waals surface area (Å²) in [6, 6.07) is -3.57. The summed E-state index contributed by atoms with van der Waals surface area (Å²) < 4.78 is 0. The molecule has 0 aromatic heterocycles. The Morgan fingerprint density at radius 3 is 2.37 bits per heavy atom. The first kappa shape index (κ1) is 39.5. The Morgan fingerprint density at radius 1 is 1.00 bits per heavy atom. The fourth-order valence-corrected chi connectivity index (χ4v) is 8.85. The number of hydrogen-bond acceptors (Lipinski definition) is 9. The molecule has 3 amide bonds. The monoisotopic (exact) mass is 715 g/mol. The van der Waals surface area contributed by atoms with E-state index in [0.717, 1.165) is 37.7 Å². The van der Waals surface area contributed by atoms with E-state index in [9.17, 15) is 44.1 Å². The molecule has 0 aromatic carbocycles. The van der Waals surface area contributed by atoms with E-state index in [2.05, 4.69) is 33.2 Å². The average molecular weight is 716 g/mol. The van der Waals surface area contributed by atoms with Crippen LogP contribution >= 0.6 is 0 Å². The first-order chi connectivity index (χ1) is 24.0. The number of aliphatic imine (C=N–C) groups is 1. The standard InChI is InChI=1S/C35H53N7O9/c1-18(2)29(42-26-9-8-22-21-7-6-19-15-20(43)10-13-35(19,51)23(21)11-12-34(22,26)3)31(48)41-25(16-28(45)46)30(47)39-17-27(44)40-24(32(49)50)5-4-14-38-33(36)37/h10,13,15,18,21-26,29,42,51H,4-9,11-12,14,16-17H2,1-3H3,(H,39,47)(H,40,44)(H,41,48)(H,45,46)(H,49,50)(H4,36,37,38)/t21?,22?,23?,24-,25-,26-,29-,34?,35?/m0/s1. The molecule has 3 fully saturated rings. The number of ketones is 1. The molecule has 4 aliphatic rings. The molecule has 11 N–H and O–H groups in total. The van der Waals surface area contributed by atoms with Crippen molar-refractivity contribution in [2.45, 2.75) is 108 Å². The molecule has 51 heavy (non-hydrogen) atoms. The smallest absolute Gasteiger partial charge is 0.326 e. The minimum atomic E-state index is -1.50. The highest BCUT2D eigenvalue weighted by Crippen LogP contribution is 2.62. The molecule has 0 bridgehead atoms. The summed E-state index contributed by atoms with van der Waals surface area (Å²) in [5.41, 5.74) is 10.0. The van der Waals surface area contributed by atoms with Gasteiger partial charge in [0, 0.05) is 12.6 Å². The van der Waals surface area contributed by atoms with E-state index in [0.29, 0.717) is 6.42 Å². The van der Waals surface area contributed by atoms with Crippen LogP contribution in [0, 0.1) is 29.1 Å². The Hall–Kier alpha value is -4.31. The van der Waals surface area contributed by atoms with E-state index in [1.54, 1.807) is 12.2 Å². The van der Waals surface area contributed by atoms with E-state index < -0.39 is 66.4 Å². The van der Waals surface area contributed by atoms with Crippen molar-refractivity contribution in [1.29, 1.82) is 0 Å². The SMILES string of the molecule is CC(C)[C@H](N[C@H]1CCC2C3CCC4=CC(=O)C=CC4(O)C3CCC21C)C(=O)N[C@@H](CC(=O)O)C(=O)NCC(=O)N[C@@H](CCCN=C(N)N)C(=O)O. The topological polar surface area (TPSA) is 276 Å². The number of rotatable bonds is 16. The number of carbonyl (C=O) groups excluding carboxylic acids is 4. The number of nitrogens with zero attached hydrogens (tertiary/aromatic N) is 1. The van der Waals surface area contributed by atoms with Crippen molar-refractivity contribution in [3.05, 3.63) is 23.8 Å². The van der Waals surface area contributed by atoms with Crippen molar-refractivity contribution < 1.29 is 44.1 Å². The van der Waals surface area contributed by atoms with Crippen molar-refractivity contribution >= 4 is 41.4 Å². The number of aliphatic hydroxyl groups is 1. The second-order valence-electron chi connectivity index (χ2n) is 15.0. The molecule has 4 rings (SSSR count). The minimum Gasteiger partial charge on any atom is -0.481 e. The fraction of sp³-hybridized carbons (Fsp3) is 0.686. The van der Waals surface area contributed by atoms with Gasteiger partial charge in [-0.15, -0.1) is 0 Å². The number of nitrogens with one attached hydrogen (secondary N) is 4. The number of nitrogens with two attached hydrogens (primary N) is 2. The summed E-state index contributed by atoms with van der Waals surface area (Å²) in [6.07, 6.45) is 9.09. The highest BCUT2D eigenvalue weighted by Gasteiger charge is 2.59. The average Bonchev–Trinajstić information content (AvgIpc) is 3.38. The van der Waals surface area contributed by atoms with Crippen LogP contribution in [0.1, 0.15) is 78.6 Å². The molecule has 0 aliphatic heterocycles. The number of carboxylic acids is 2. The second-order valence-corrected chi connectivity index (χ2v) is 15.0. The third kappa shape index (κ3) is 9.14. The number of amides is 3. The van der Waals surface area contributed by atoms with Crippen LogP contribution in [-0.2, 0) is 28.8 Å². The van der Waals surface area contributed by atoms with Gasteiger partial charge >= 0.3 is 11.9 Å². The molecule has 0 heterocycles. The summed E-state index contributed by atoms with van der Waals surface area (Å²) in [6.45, 7) is 5.46. The molecule has 16 heteroatoms. The zero-order valence-electron chi connectivity index (χ0n) is 29.5. The Morgan fingerprint density at radius 2 is 1.73 bits per heavy atom. The van der Waals surface area contributed by atoms with E-state index >= 15 is 0 Å². The van der Waals surface area contributed by atoms with Gasteiger partial charge in [-0.1, -0.05) is 20.8 Å². The number of carboxylic acid groups (broad SMARTS) is 2. The molecule has 9 atom stereocenters. The maximum absolute atomic E-state index is 13.7. The number of carbonyl (C=O) groups is 6. The first-order valence-corrected chi connectivity index (χ1v) is 17.8. The third-order valence-corrected chi connectivity index (χ3v) is 11.4. The third-order valence-electron chi connectivity index (χ3n) is 11.4. The number of fused-ring (bicyclic) bond motifs is 5. The predicted octanol–water partition coefficient (Wildman–Crippen LogP) is -0.299. The highest BCUT2D eigenvalue weighted by atomic mass is 16.4. The Bertz CT molecular complexity index is 1470. The van der Waals surface area contributed by atoms with Gasteiger partial charge in [-0.2, -0.15) is 0 Å². The molecule has 4 aliphatic carbocycles. The number of allylic oxidation sites excluding steroid dienone is 2. The quantitative estimate of drug-likeness (QED) is 0.0566. The lowest BCUT2D eigenvalue weighted by molar-refractivity contribution is -0.142. The molecular weight excluding hydrogens is 662 g/mol. The molecule has 282 valence electrons. The number of guanidine groups is 1. The van der Waals surface area contributed by atoms with Crippen molar-refractivity contribution in [2.75, 3.05) is 13.1 Å². The Balaban J connectivity index is 1.37. The van der Waals surface area contributed by atoms with Crippen LogP contribution < -0.4 is 32.7 Å². The zero-order chi connectivity index (χ0) is 37.7. The van der Waals surface area contributed by atoms with Gasteiger partial charge in [0.15, 0.2) is 11.7 Å². The van der Waals surface area contributed by atoms with Crippen LogP contribution in [-0.4, -0.2) is 99.6 Å². The van der Waals surface area contributed by atoms with Gasteiger partial charge in [0.25, 0.3) is 0 Å². The minimum absolute atomic E-state index is 0.00572. The normalized spacial score (nSPS) is 29.7. The molecule has 0 aromatic rings. The van der Waals surface area contributed by atoms with Crippen molar-refractivity contribution in [3.63, 3.8) is 0 Å². The van der Waals surface area contributed by atoms with Gasteiger partial charge in [-0.25, -0.2) is 4.79 Å². The maximum Gasteiger partial charge on any atom is 0.326 e. The van der Waals surface area contributed by atoms with Crippen molar-refractivity contribution in [1.82, 2.24) is 21.3 Å². The van der Waals surface area contributed by atoms with E-state index in [4.69, 9.17) is 11.5 Å². The molecule has 0 spiro atoms. The second kappa shape index (κ2) is 16.4. The van der Waals surface area contributed by atoms with Crippen LogP contribution in [0.3, 0.4) is 0 Å². The van der Waals surface area contributed by atoms with Crippen LogP contribution in [0.15, 0.2) is 28.8 Å². The van der Waals surface area contributed by atoms with Crippen LogP contribution in [0.2, 0.25) is 0 Å². The van der Waals surface area contributed by atoms with Crippen molar-refractivity contribution in [3.8, 4) is 0 Å². The summed E-state index contributed by atoms with van der Waals surface area (Å²) in [7, 11) is 0. The molecule has 16 nitrogen and oxygen atoms in total. The van der Waals surface area contributed by atoms with Gasteiger partial charge < -0.3 is 48.1 Å². The first-order valence-electron chi connectivity index (χ1n) is 17.8. The molecule has 0 radical (unpaired) electrons. The van der Waals surface area contributed by atoms with Gasteiger partial charge in [0.2, 0.25) is 17.7 Å². The van der Waals surface area contributed by atoms with Gasteiger partial charge in [0.1, 0.15) is 17.7 Å². The van der Waals surface area contributed by atoms with Crippen LogP contribution in [0.4, 0.5) is 0 Å². The lowest BCUT2D eigenvalue weighted by Gasteiger charge is -2.56. The summed E-state index contributed by atoms with van der Waals surface area (Å²) in [5.74, 6) is -4.83. The van der Waals surface area contributed by atoms with Gasteiger partial charge in [-0.3, -0.25) is 29.0 Å². The van der Waals surface area contributed by atoms with E-state index in [-0.39, 0.29) is 66.3 Å². The Kier molecular flexibility index (Phi) is 12.7. The van der Waals surface area contributed by atoms with E-state index in [1.165, 1.54) is 6.08 Å². The molecule has 3 saturated carbocycles. The van der Waals surface area contributed by atoms with Crippen LogP contribution in [0.25, 0.3) is 0 Å². The molecular formula is C35H53N7O9. The lowest BCUT2D eigenvalue weighted by Crippen LogP contribution is -2.60. The predicted molar refractivity (Wildman–Crippen MR) is 186 cm³/mol. The summed E-state index contributed by atoms with van der Waals surface area (Å²) in [5, 5.41) is 41.5. The summed E-state index contributed by atoms with van der Waals surface area (Å²) >= 11 is 0. The maximum atomic E-state index is 13.7.